The van der Waals surface area contributed by atoms with Gasteiger partial charge in [-0.15, -0.1) is 0 Å². The minimum Gasteiger partial charge on any atom is -0.403 e. The van der Waals surface area contributed by atoms with Crippen LogP contribution in [0.4, 0.5) is 0 Å². The summed E-state index contributed by atoms with van der Waals surface area (Å²) in [6.45, 7) is 0. The Labute approximate surface area is 112 Å². The molecule has 0 radical (unpaired) electrons. The second-order valence-corrected chi connectivity index (χ2v) is 5.01. The van der Waals surface area contributed by atoms with Crippen LogP contribution in [0.3, 0.4) is 0 Å². The van der Waals surface area contributed by atoms with Crippen molar-refractivity contribution < 1.29 is 4.42 Å². The molecular weight excluding hydrogens is 238 g/mol. The fourth-order valence-corrected chi connectivity index (χ4v) is 2.54. The van der Waals surface area contributed by atoms with Crippen LogP contribution in [-0.2, 0) is 0 Å². The van der Waals surface area contributed by atoms with E-state index >= 15 is 0 Å². The van der Waals surface area contributed by atoms with E-state index in [0.717, 1.165) is 30.4 Å². The molecule has 98 valence electrons. The van der Waals surface area contributed by atoms with Crippen LogP contribution in [0.25, 0.3) is 16.5 Å². The zero-order valence-electron chi connectivity index (χ0n) is 10.9. The molecule has 2 aromatic rings. The Kier molecular flexibility index (Phi) is 3.45. The summed E-state index contributed by atoms with van der Waals surface area (Å²) in [6, 6.07) is 7.34. The molecule has 1 aliphatic rings. The fraction of sp³-hybridized carbons (Fsp3) is 0.375. The maximum absolute atomic E-state index is 12.0. The summed E-state index contributed by atoms with van der Waals surface area (Å²) in [4.78, 5) is 16.5. The lowest BCUT2D eigenvalue weighted by Gasteiger charge is -2.09. The fourth-order valence-electron chi connectivity index (χ4n) is 2.54. The number of rotatable bonds is 1. The highest BCUT2D eigenvalue weighted by atomic mass is 16.4. The maximum atomic E-state index is 12.0. The molecule has 1 aromatic heterocycles. The Morgan fingerprint density at radius 1 is 1.05 bits per heavy atom. The minimum atomic E-state index is -0.288. The van der Waals surface area contributed by atoms with Crippen molar-refractivity contribution in [3.05, 3.63) is 46.7 Å². The van der Waals surface area contributed by atoms with E-state index in [4.69, 9.17) is 4.42 Å². The van der Waals surface area contributed by atoms with Gasteiger partial charge < -0.3 is 4.42 Å². The van der Waals surface area contributed by atoms with Gasteiger partial charge in [-0.25, -0.2) is 9.78 Å². The van der Waals surface area contributed by atoms with E-state index in [1.807, 2.05) is 18.2 Å². The summed E-state index contributed by atoms with van der Waals surface area (Å²) in [5.41, 5.74) is 1.52. The lowest BCUT2D eigenvalue weighted by Crippen LogP contribution is -2.05. The molecule has 3 nitrogen and oxygen atoms in total. The molecular formula is C16H17NO2. The van der Waals surface area contributed by atoms with Crippen LogP contribution in [0.1, 0.15) is 44.4 Å². The van der Waals surface area contributed by atoms with Crippen LogP contribution in [0.2, 0.25) is 0 Å². The van der Waals surface area contributed by atoms with Crippen LogP contribution in [0.15, 0.2) is 39.6 Å². The summed E-state index contributed by atoms with van der Waals surface area (Å²) in [5, 5.41) is 0.553. The lowest BCUT2D eigenvalue weighted by atomic mass is 10.00. The number of aromatic nitrogens is 1. The first-order valence-corrected chi connectivity index (χ1v) is 6.94. The largest absolute Gasteiger partial charge is 0.403 e. The first-order valence-electron chi connectivity index (χ1n) is 6.94. The minimum absolute atomic E-state index is 0.288. The summed E-state index contributed by atoms with van der Waals surface area (Å²) >= 11 is 0. The smallest absolute Gasteiger partial charge is 0.347 e. The SMILES string of the molecule is O=c1oc(/C2=C/CCCCCC2)nc2ccccc12. The van der Waals surface area contributed by atoms with Crippen molar-refractivity contribution in [2.24, 2.45) is 0 Å². The van der Waals surface area contributed by atoms with Crippen LogP contribution < -0.4 is 5.63 Å². The van der Waals surface area contributed by atoms with Gasteiger partial charge in [0.25, 0.3) is 0 Å². The highest BCUT2D eigenvalue weighted by Crippen LogP contribution is 2.24. The first-order chi connectivity index (χ1) is 9.34. The zero-order chi connectivity index (χ0) is 13.1. The molecule has 0 unspecified atom stereocenters. The highest BCUT2D eigenvalue weighted by Gasteiger charge is 2.11. The molecule has 1 heterocycles. The number of para-hydroxylation sites is 1. The Hall–Kier alpha value is -1.90. The van der Waals surface area contributed by atoms with Crippen LogP contribution in [-0.4, -0.2) is 4.98 Å². The summed E-state index contributed by atoms with van der Waals surface area (Å²) in [6.07, 6.45) is 9.07. The molecule has 1 aromatic carbocycles. The number of hydrogen-bond donors (Lipinski definition) is 0. The molecule has 0 amide bonds. The average Bonchev–Trinajstić information content (AvgIpc) is 2.38. The molecule has 0 spiro atoms. The van der Waals surface area contributed by atoms with Crippen molar-refractivity contribution >= 4 is 16.5 Å². The monoisotopic (exact) mass is 255 g/mol. The second kappa shape index (κ2) is 5.39. The van der Waals surface area contributed by atoms with Gasteiger partial charge in [0, 0.05) is 5.57 Å². The summed E-state index contributed by atoms with van der Waals surface area (Å²) in [5.74, 6) is 0.505. The standard InChI is InChI=1S/C16H17NO2/c18-16-13-10-6-7-11-14(13)17-15(19-16)12-8-4-2-1-3-5-9-12/h6-8,10-11H,1-5,9H2/b12-8+. The zero-order valence-corrected chi connectivity index (χ0v) is 10.9. The Morgan fingerprint density at radius 2 is 1.89 bits per heavy atom. The van der Waals surface area contributed by atoms with Crippen molar-refractivity contribution in [1.29, 1.82) is 0 Å². The van der Waals surface area contributed by atoms with E-state index in [1.165, 1.54) is 19.3 Å². The molecule has 0 fully saturated rings. The van der Waals surface area contributed by atoms with E-state index in [1.54, 1.807) is 6.07 Å². The third kappa shape index (κ3) is 2.60. The molecule has 0 saturated heterocycles. The molecule has 0 atom stereocenters. The summed E-state index contributed by atoms with van der Waals surface area (Å²) in [7, 11) is 0. The molecule has 1 aliphatic carbocycles. The van der Waals surface area contributed by atoms with Gasteiger partial charge in [0.2, 0.25) is 5.89 Å². The van der Waals surface area contributed by atoms with Crippen molar-refractivity contribution in [3.8, 4) is 0 Å². The van der Waals surface area contributed by atoms with Gasteiger partial charge in [0.15, 0.2) is 0 Å². The van der Waals surface area contributed by atoms with Gasteiger partial charge in [-0.05, 0) is 37.8 Å². The van der Waals surface area contributed by atoms with Crippen molar-refractivity contribution in [2.75, 3.05) is 0 Å². The van der Waals surface area contributed by atoms with Gasteiger partial charge in [-0.2, -0.15) is 0 Å². The van der Waals surface area contributed by atoms with Crippen molar-refractivity contribution in [1.82, 2.24) is 4.98 Å². The van der Waals surface area contributed by atoms with Crippen LogP contribution in [0.5, 0.6) is 0 Å². The molecule has 0 bridgehead atoms. The number of fused-ring (bicyclic) bond motifs is 1. The molecule has 3 heteroatoms. The average molecular weight is 255 g/mol. The third-order valence-corrected chi connectivity index (χ3v) is 3.60. The number of benzene rings is 1. The van der Waals surface area contributed by atoms with Gasteiger partial charge in [0.05, 0.1) is 10.9 Å². The van der Waals surface area contributed by atoms with Crippen molar-refractivity contribution in [3.63, 3.8) is 0 Å². The molecule has 0 saturated carbocycles. The Balaban J connectivity index is 2.07. The van der Waals surface area contributed by atoms with E-state index in [2.05, 4.69) is 11.1 Å². The van der Waals surface area contributed by atoms with E-state index < -0.39 is 0 Å². The van der Waals surface area contributed by atoms with Crippen LogP contribution >= 0.6 is 0 Å². The normalized spacial score (nSPS) is 19.5. The maximum Gasteiger partial charge on any atom is 0.347 e. The van der Waals surface area contributed by atoms with E-state index in [9.17, 15) is 4.79 Å². The predicted molar refractivity (Wildman–Crippen MR) is 76.0 cm³/mol. The molecule has 19 heavy (non-hydrogen) atoms. The number of hydrogen-bond acceptors (Lipinski definition) is 3. The molecule has 0 aliphatic heterocycles. The lowest BCUT2D eigenvalue weighted by molar-refractivity contribution is 0.481. The first kappa shape index (κ1) is 12.2. The molecule has 0 N–H and O–H groups in total. The third-order valence-electron chi connectivity index (χ3n) is 3.60. The van der Waals surface area contributed by atoms with Gasteiger partial charge in [-0.3, -0.25) is 0 Å². The topological polar surface area (TPSA) is 43.1 Å². The van der Waals surface area contributed by atoms with Gasteiger partial charge >= 0.3 is 5.63 Å². The predicted octanol–water partition coefficient (Wildman–Crippen LogP) is 3.93. The Morgan fingerprint density at radius 3 is 2.84 bits per heavy atom. The quantitative estimate of drug-likeness (QED) is 0.775. The Bertz CT molecular complexity index is 670. The highest BCUT2D eigenvalue weighted by molar-refractivity contribution is 5.78. The van der Waals surface area contributed by atoms with Crippen LogP contribution in [0, 0.1) is 0 Å². The molecule has 3 rings (SSSR count). The van der Waals surface area contributed by atoms with Gasteiger partial charge in [0.1, 0.15) is 0 Å². The van der Waals surface area contributed by atoms with E-state index in [0.29, 0.717) is 11.3 Å². The van der Waals surface area contributed by atoms with Gasteiger partial charge in [-0.1, -0.05) is 31.1 Å². The second-order valence-electron chi connectivity index (χ2n) is 5.01. The summed E-state index contributed by atoms with van der Waals surface area (Å²) < 4.78 is 5.39. The number of allylic oxidation sites excluding steroid dienone is 2. The van der Waals surface area contributed by atoms with E-state index in [-0.39, 0.29) is 5.63 Å². The van der Waals surface area contributed by atoms with Crippen molar-refractivity contribution in [2.45, 2.75) is 38.5 Å². The number of nitrogens with zero attached hydrogens (tertiary/aromatic N) is 1.